The summed E-state index contributed by atoms with van der Waals surface area (Å²) in [4.78, 5) is 25.9. The summed E-state index contributed by atoms with van der Waals surface area (Å²) >= 11 is 3.37. The van der Waals surface area contributed by atoms with Crippen molar-refractivity contribution in [1.82, 2.24) is 5.32 Å². The molecule has 1 aromatic rings. The van der Waals surface area contributed by atoms with Gasteiger partial charge in [-0.15, -0.1) is 0 Å². The Kier molecular flexibility index (Phi) is 6.81. The summed E-state index contributed by atoms with van der Waals surface area (Å²) in [7, 11) is -3.70. The molecule has 2 amide bonds. The van der Waals surface area contributed by atoms with Gasteiger partial charge in [-0.2, -0.15) is 0 Å². The van der Waals surface area contributed by atoms with E-state index >= 15 is 0 Å². The number of halogens is 1. The van der Waals surface area contributed by atoms with Crippen LogP contribution < -0.4 is 10.2 Å². The molecule has 0 spiro atoms. The fourth-order valence-electron chi connectivity index (χ4n) is 4.08. The Morgan fingerprint density at radius 3 is 2.50 bits per heavy atom. The maximum absolute atomic E-state index is 13.0. The van der Waals surface area contributed by atoms with E-state index in [1.165, 1.54) is 24.7 Å². The van der Waals surface area contributed by atoms with Gasteiger partial charge in [-0.3, -0.25) is 9.59 Å². The predicted octanol–water partition coefficient (Wildman–Crippen LogP) is 3.36. The lowest BCUT2D eigenvalue weighted by Crippen LogP contribution is -2.35. The van der Waals surface area contributed by atoms with E-state index in [-0.39, 0.29) is 34.9 Å². The Morgan fingerprint density at radius 2 is 1.86 bits per heavy atom. The molecule has 0 bridgehead atoms. The third-order valence-corrected chi connectivity index (χ3v) is 7.71. The zero-order valence-electron chi connectivity index (χ0n) is 16.2. The lowest BCUT2D eigenvalue weighted by Gasteiger charge is -2.19. The average molecular weight is 471 g/mol. The summed E-state index contributed by atoms with van der Waals surface area (Å²) in [5.74, 6) is -0.658. The van der Waals surface area contributed by atoms with Gasteiger partial charge in [0.2, 0.25) is 11.8 Å². The highest BCUT2D eigenvalue weighted by atomic mass is 79.9. The Hall–Kier alpha value is -1.41. The second-order valence-electron chi connectivity index (χ2n) is 7.66. The first kappa shape index (κ1) is 21.3. The number of fused-ring (bicyclic) bond motifs is 1. The van der Waals surface area contributed by atoms with Crippen molar-refractivity contribution in [1.29, 1.82) is 0 Å². The first-order valence-corrected chi connectivity index (χ1v) is 12.3. The molecule has 6 nitrogen and oxygen atoms in total. The van der Waals surface area contributed by atoms with Crippen molar-refractivity contribution in [2.45, 2.75) is 69.2 Å². The van der Waals surface area contributed by atoms with Crippen LogP contribution in [0.5, 0.6) is 0 Å². The lowest BCUT2D eigenvalue weighted by atomic mass is 10.1. The van der Waals surface area contributed by atoms with E-state index in [0.29, 0.717) is 23.1 Å². The number of sulfone groups is 1. The topological polar surface area (TPSA) is 83.6 Å². The normalized spacial score (nSPS) is 17.9. The molecule has 1 aromatic carbocycles. The lowest BCUT2D eigenvalue weighted by molar-refractivity contribution is -0.121. The first-order chi connectivity index (χ1) is 13.3. The molecule has 1 N–H and O–H groups in total. The van der Waals surface area contributed by atoms with Crippen LogP contribution in [0.2, 0.25) is 0 Å². The van der Waals surface area contributed by atoms with Gasteiger partial charge in [-0.1, -0.05) is 41.6 Å². The average Bonchev–Trinajstić information content (AvgIpc) is 2.89. The number of anilines is 1. The number of hydrogen-bond donors (Lipinski definition) is 1. The van der Waals surface area contributed by atoms with E-state index in [1.807, 2.05) is 6.07 Å². The van der Waals surface area contributed by atoms with Crippen LogP contribution in [0, 0.1) is 0 Å². The van der Waals surface area contributed by atoms with Gasteiger partial charge in [-0.05, 0) is 37.0 Å². The number of carbonyl (C=O) groups excluding carboxylic acids is 2. The maximum atomic E-state index is 13.0. The molecule has 28 heavy (non-hydrogen) atoms. The predicted molar refractivity (Wildman–Crippen MR) is 112 cm³/mol. The highest BCUT2D eigenvalue weighted by Crippen LogP contribution is 2.38. The molecule has 1 aliphatic heterocycles. The van der Waals surface area contributed by atoms with Crippen molar-refractivity contribution in [2.75, 3.05) is 17.2 Å². The second-order valence-corrected chi connectivity index (χ2v) is 10.7. The van der Waals surface area contributed by atoms with Gasteiger partial charge in [0.1, 0.15) is 0 Å². The number of nitrogens with one attached hydrogen (secondary N) is 1. The molecule has 1 heterocycles. The number of rotatable bonds is 5. The smallest absolute Gasteiger partial charge is 0.223 e. The van der Waals surface area contributed by atoms with Gasteiger partial charge in [-0.25, -0.2) is 8.42 Å². The van der Waals surface area contributed by atoms with Crippen LogP contribution in [0.4, 0.5) is 5.69 Å². The molecule has 1 fully saturated rings. The largest absolute Gasteiger partial charge is 0.353 e. The molecular weight excluding hydrogens is 444 g/mol. The van der Waals surface area contributed by atoms with E-state index in [4.69, 9.17) is 0 Å². The van der Waals surface area contributed by atoms with Crippen molar-refractivity contribution in [3.8, 4) is 0 Å². The summed E-state index contributed by atoms with van der Waals surface area (Å²) in [6.45, 7) is 1.92. The SMILES string of the molecule is CC(=O)N1CCc2cc(Br)cc(S(=O)(=O)CCC(=O)NC3CCCCCC3)c21. The van der Waals surface area contributed by atoms with Crippen LogP contribution in [-0.4, -0.2) is 38.6 Å². The van der Waals surface area contributed by atoms with Gasteiger partial charge < -0.3 is 10.2 Å². The van der Waals surface area contributed by atoms with E-state index in [9.17, 15) is 18.0 Å². The van der Waals surface area contributed by atoms with Crippen molar-refractivity contribution in [3.05, 3.63) is 22.2 Å². The van der Waals surface area contributed by atoms with Crippen molar-refractivity contribution in [2.24, 2.45) is 0 Å². The zero-order chi connectivity index (χ0) is 20.3. The number of nitrogens with zero attached hydrogens (tertiary/aromatic N) is 1. The van der Waals surface area contributed by atoms with E-state index < -0.39 is 9.84 Å². The van der Waals surface area contributed by atoms with E-state index in [1.54, 1.807) is 6.07 Å². The highest BCUT2D eigenvalue weighted by Gasteiger charge is 2.31. The quantitative estimate of drug-likeness (QED) is 0.668. The van der Waals surface area contributed by atoms with Crippen molar-refractivity contribution < 1.29 is 18.0 Å². The summed E-state index contributed by atoms with van der Waals surface area (Å²) in [6, 6.07) is 3.55. The fourth-order valence-corrected chi connectivity index (χ4v) is 6.26. The van der Waals surface area contributed by atoms with E-state index in [0.717, 1.165) is 31.2 Å². The van der Waals surface area contributed by atoms with Gasteiger partial charge in [0.05, 0.1) is 16.3 Å². The van der Waals surface area contributed by atoms with E-state index in [2.05, 4.69) is 21.2 Å². The summed E-state index contributed by atoms with van der Waals surface area (Å²) in [5.41, 5.74) is 1.31. The van der Waals surface area contributed by atoms with Gasteiger partial charge in [0.25, 0.3) is 0 Å². The molecule has 2 aliphatic rings. The zero-order valence-corrected chi connectivity index (χ0v) is 18.6. The first-order valence-electron chi connectivity index (χ1n) is 9.90. The number of amides is 2. The molecule has 0 radical (unpaired) electrons. The Bertz CT molecular complexity index is 861. The van der Waals surface area contributed by atoms with Crippen LogP contribution in [0.25, 0.3) is 0 Å². The monoisotopic (exact) mass is 470 g/mol. The Balaban J connectivity index is 1.73. The number of hydrogen-bond acceptors (Lipinski definition) is 4. The van der Waals surface area contributed by atoms with Crippen LogP contribution in [-0.2, 0) is 25.8 Å². The minimum Gasteiger partial charge on any atom is -0.353 e. The third-order valence-electron chi connectivity index (χ3n) is 5.53. The van der Waals surface area contributed by atoms with Crippen LogP contribution in [0.3, 0.4) is 0 Å². The molecule has 0 atom stereocenters. The van der Waals surface area contributed by atoms with Gasteiger partial charge in [0, 0.05) is 30.4 Å². The van der Waals surface area contributed by atoms with Gasteiger partial charge in [0.15, 0.2) is 9.84 Å². The second kappa shape index (κ2) is 8.95. The summed E-state index contributed by atoms with van der Waals surface area (Å²) in [6.07, 6.45) is 7.08. The Labute approximate surface area is 175 Å². The molecule has 3 rings (SSSR count). The molecule has 154 valence electrons. The molecule has 8 heteroatoms. The van der Waals surface area contributed by atoms with Gasteiger partial charge >= 0.3 is 0 Å². The molecular formula is C20H27BrN2O4S. The number of benzene rings is 1. The molecule has 0 aromatic heterocycles. The van der Waals surface area contributed by atoms with Crippen LogP contribution in [0.15, 0.2) is 21.5 Å². The minimum atomic E-state index is -3.70. The summed E-state index contributed by atoms with van der Waals surface area (Å²) < 4.78 is 26.7. The third kappa shape index (κ3) is 4.95. The van der Waals surface area contributed by atoms with Crippen molar-refractivity contribution in [3.63, 3.8) is 0 Å². The Morgan fingerprint density at radius 1 is 1.18 bits per heavy atom. The van der Waals surface area contributed by atoms with Crippen molar-refractivity contribution >= 4 is 43.3 Å². The standard InChI is InChI=1S/C20H27BrN2O4S/c1-14(24)23-10-8-15-12-16(21)13-18(20(15)23)28(26,27)11-9-19(25)22-17-6-4-2-3-5-7-17/h12-13,17H,2-11H2,1H3,(H,22,25). The number of carbonyl (C=O) groups is 2. The molecule has 0 unspecified atom stereocenters. The molecule has 1 aliphatic carbocycles. The summed E-state index contributed by atoms with van der Waals surface area (Å²) in [5, 5.41) is 3.00. The van der Waals surface area contributed by atoms with Crippen LogP contribution in [0.1, 0.15) is 57.4 Å². The fraction of sp³-hybridized carbons (Fsp3) is 0.600. The molecule has 0 saturated heterocycles. The molecule has 1 saturated carbocycles. The minimum absolute atomic E-state index is 0.0693. The highest BCUT2D eigenvalue weighted by molar-refractivity contribution is 9.10. The van der Waals surface area contributed by atoms with Crippen LogP contribution >= 0.6 is 15.9 Å². The maximum Gasteiger partial charge on any atom is 0.223 e.